The molecule has 0 atom stereocenters. The molecule has 0 aliphatic carbocycles. The molecule has 2 N–H and O–H groups in total. The first-order valence-corrected chi connectivity index (χ1v) is 3.81. The molecule has 0 saturated carbocycles. The quantitative estimate of drug-likeness (QED) is 0.666. The highest BCUT2D eigenvalue weighted by Gasteiger charge is 2.03. The van der Waals surface area contributed by atoms with Crippen molar-refractivity contribution in [2.75, 3.05) is 0 Å². The largest absolute Gasteiger partial charge is 0.508 e. The molecule has 0 spiro atoms. The van der Waals surface area contributed by atoms with Crippen LogP contribution in [0.25, 0.3) is 0 Å². The first-order valence-electron chi connectivity index (χ1n) is 3.81. The fourth-order valence-electron chi connectivity index (χ4n) is 1.15. The standard InChI is InChI=1S/C10H12O2/c1-2-4-9-8(7-11)5-3-6-10(9)12/h2-3,5-6,11-12H,1,4,7H2. The van der Waals surface area contributed by atoms with Crippen molar-refractivity contribution in [2.24, 2.45) is 0 Å². The van der Waals surface area contributed by atoms with Crippen molar-refractivity contribution in [3.8, 4) is 5.75 Å². The molecule has 64 valence electrons. The van der Waals surface area contributed by atoms with Crippen LogP contribution < -0.4 is 0 Å². The zero-order chi connectivity index (χ0) is 8.97. The van der Waals surface area contributed by atoms with Gasteiger partial charge in [-0.05, 0) is 18.1 Å². The monoisotopic (exact) mass is 164 g/mol. The summed E-state index contributed by atoms with van der Waals surface area (Å²) in [5.74, 6) is 0.224. The minimum absolute atomic E-state index is 0.0441. The van der Waals surface area contributed by atoms with Gasteiger partial charge in [0.2, 0.25) is 0 Å². The fraction of sp³-hybridized carbons (Fsp3) is 0.200. The van der Waals surface area contributed by atoms with Crippen LogP contribution in [0.2, 0.25) is 0 Å². The van der Waals surface area contributed by atoms with Crippen LogP contribution >= 0.6 is 0 Å². The van der Waals surface area contributed by atoms with E-state index in [2.05, 4.69) is 6.58 Å². The number of aliphatic hydroxyl groups excluding tert-OH is 1. The lowest BCUT2D eigenvalue weighted by atomic mass is 10.0. The molecule has 0 unspecified atom stereocenters. The predicted molar refractivity (Wildman–Crippen MR) is 47.9 cm³/mol. The second kappa shape index (κ2) is 3.93. The molecule has 0 aliphatic rings. The molecule has 2 heteroatoms. The molecule has 0 aromatic heterocycles. The molecule has 1 aromatic rings. The second-order valence-electron chi connectivity index (χ2n) is 2.57. The number of phenols is 1. The minimum Gasteiger partial charge on any atom is -0.508 e. The molecule has 0 bridgehead atoms. The van der Waals surface area contributed by atoms with Gasteiger partial charge in [-0.25, -0.2) is 0 Å². The van der Waals surface area contributed by atoms with E-state index in [4.69, 9.17) is 5.11 Å². The zero-order valence-electron chi connectivity index (χ0n) is 6.83. The number of hydrogen-bond donors (Lipinski definition) is 2. The maximum atomic E-state index is 9.39. The number of phenolic OH excluding ortho intramolecular Hbond substituents is 1. The average Bonchev–Trinajstić information content (AvgIpc) is 2.09. The van der Waals surface area contributed by atoms with E-state index in [9.17, 15) is 5.11 Å². The summed E-state index contributed by atoms with van der Waals surface area (Å²) in [7, 11) is 0. The summed E-state index contributed by atoms with van der Waals surface area (Å²) in [6.07, 6.45) is 2.29. The van der Waals surface area contributed by atoms with Crippen LogP contribution in [0.3, 0.4) is 0 Å². The average molecular weight is 164 g/mol. The van der Waals surface area contributed by atoms with E-state index < -0.39 is 0 Å². The summed E-state index contributed by atoms with van der Waals surface area (Å²) in [6, 6.07) is 5.12. The van der Waals surface area contributed by atoms with Gasteiger partial charge in [-0.15, -0.1) is 6.58 Å². The number of hydrogen-bond acceptors (Lipinski definition) is 2. The van der Waals surface area contributed by atoms with Crippen molar-refractivity contribution in [2.45, 2.75) is 13.0 Å². The van der Waals surface area contributed by atoms with E-state index in [0.717, 1.165) is 11.1 Å². The lowest BCUT2D eigenvalue weighted by molar-refractivity contribution is 0.280. The highest BCUT2D eigenvalue weighted by molar-refractivity contribution is 5.40. The van der Waals surface area contributed by atoms with Gasteiger partial charge in [0, 0.05) is 5.56 Å². The summed E-state index contributed by atoms with van der Waals surface area (Å²) < 4.78 is 0. The number of rotatable bonds is 3. The van der Waals surface area contributed by atoms with Gasteiger partial charge in [-0.1, -0.05) is 18.2 Å². The summed E-state index contributed by atoms with van der Waals surface area (Å²) >= 11 is 0. The molecule has 2 nitrogen and oxygen atoms in total. The molecular weight excluding hydrogens is 152 g/mol. The molecule has 0 saturated heterocycles. The first kappa shape index (κ1) is 8.81. The Morgan fingerprint density at radius 3 is 2.75 bits per heavy atom. The molecule has 0 radical (unpaired) electrons. The van der Waals surface area contributed by atoms with Crippen molar-refractivity contribution in [3.63, 3.8) is 0 Å². The van der Waals surface area contributed by atoms with E-state index in [1.165, 1.54) is 0 Å². The molecule has 0 heterocycles. The third-order valence-corrected chi connectivity index (χ3v) is 1.77. The Hall–Kier alpha value is -1.28. The topological polar surface area (TPSA) is 40.5 Å². The highest BCUT2D eigenvalue weighted by Crippen LogP contribution is 2.21. The normalized spacial score (nSPS) is 9.75. The van der Waals surface area contributed by atoms with E-state index in [1.54, 1.807) is 24.3 Å². The van der Waals surface area contributed by atoms with Crippen molar-refractivity contribution < 1.29 is 10.2 Å². The van der Waals surface area contributed by atoms with Crippen LogP contribution in [0.1, 0.15) is 11.1 Å². The minimum atomic E-state index is -0.0441. The van der Waals surface area contributed by atoms with Gasteiger partial charge in [0.1, 0.15) is 5.75 Å². The highest BCUT2D eigenvalue weighted by atomic mass is 16.3. The summed E-state index contributed by atoms with van der Waals surface area (Å²) in [5.41, 5.74) is 1.52. The molecule has 12 heavy (non-hydrogen) atoms. The Balaban J connectivity index is 3.10. The van der Waals surface area contributed by atoms with Crippen LogP contribution in [0.4, 0.5) is 0 Å². The Kier molecular flexibility index (Phi) is 2.88. The lowest BCUT2D eigenvalue weighted by Gasteiger charge is -2.06. The number of allylic oxidation sites excluding steroid dienone is 1. The lowest BCUT2D eigenvalue weighted by Crippen LogP contribution is -1.92. The molecule has 0 fully saturated rings. The summed E-state index contributed by atoms with van der Waals surface area (Å²) in [4.78, 5) is 0. The summed E-state index contributed by atoms with van der Waals surface area (Å²) in [6.45, 7) is 3.54. The van der Waals surface area contributed by atoms with E-state index >= 15 is 0 Å². The van der Waals surface area contributed by atoms with E-state index in [-0.39, 0.29) is 12.4 Å². The van der Waals surface area contributed by atoms with Crippen molar-refractivity contribution in [1.82, 2.24) is 0 Å². The van der Waals surface area contributed by atoms with Crippen molar-refractivity contribution in [1.29, 1.82) is 0 Å². The number of aromatic hydroxyl groups is 1. The van der Waals surface area contributed by atoms with Gasteiger partial charge in [0.25, 0.3) is 0 Å². The third kappa shape index (κ3) is 1.66. The van der Waals surface area contributed by atoms with Gasteiger partial charge >= 0.3 is 0 Å². The van der Waals surface area contributed by atoms with Crippen molar-refractivity contribution in [3.05, 3.63) is 42.0 Å². The maximum Gasteiger partial charge on any atom is 0.119 e. The Bertz CT molecular complexity index is 279. The number of benzene rings is 1. The van der Waals surface area contributed by atoms with Gasteiger partial charge in [0.05, 0.1) is 6.61 Å². The van der Waals surface area contributed by atoms with Crippen molar-refractivity contribution >= 4 is 0 Å². The maximum absolute atomic E-state index is 9.39. The molecule has 0 aliphatic heterocycles. The third-order valence-electron chi connectivity index (χ3n) is 1.77. The molecule has 0 amide bonds. The van der Waals surface area contributed by atoms with Crippen LogP contribution in [-0.4, -0.2) is 10.2 Å². The van der Waals surface area contributed by atoms with Crippen LogP contribution in [0, 0.1) is 0 Å². The van der Waals surface area contributed by atoms with E-state index in [1.807, 2.05) is 0 Å². The smallest absolute Gasteiger partial charge is 0.119 e. The Morgan fingerprint density at radius 2 is 2.17 bits per heavy atom. The first-order chi connectivity index (χ1) is 5.79. The Labute approximate surface area is 71.8 Å². The van der Waals surface area contributed by atoms with Gasteiger partial charge in [0.15, 0.2) is 0 Å². The molecule has 1 aromatic carbocycles. The van der Waals surface area contributed by atoms with Gasteiger partial charge in [-0.3, -0.25) is 0 Å². The van der Waals surface area contributed by atoms with Crippen LogP contribution in [0.15, 0.2) is 30.9 Å². The van der Waals surface area contributed by atoms with Gasteiger partial charge in [-0.2, -0.15) is 0 Å². The number of aliphatic hydroxyl groups is 1. The zero-order valence-corrected chi connectivity index (χ0v) is 6.83. The molecule has 1 rings (SSSR count). The predicted octanol–water partition coefficient (Wildman–Crippen LogP) is 1.61. The van der Waals surface area contributed by atoms with E-state index in [0.29, 0.717) is 6.42 Å². The summed E-state index contributed by atoms with van der Waals surface area (Å²) in [5, 5.41) is 18.3. The van der Waals surface area contributed by atoms with Crippen LogP contribution in [0.5, 0.6) is 5.75 Å². The Morgan fingerprint density at radius 1 is 1.42 bits per heavy atom. The SMILES string of the molecule is C=CCc1c(O)cccc1CO. The second-order valence-corrected chi connectivity index (χ2v) is 2.57. The van der Waals surface area contributed by atoms with Crippen LogP contribution in [-0.2, 0) is 13.0 Å². The van der Waals surface area contributed by atoms with Gasteiger partial charge < -0.3 is 10.2 Å². The fourth-order valence-corrected chi connectivity index (χ4v) is 1.15. The molecular formula is C10H12O2.